The minimum absolute atomic E-state index is 0.0810. The summed E-state index contributed by atoms with van der Waals surface area (Å²) in [5, 5.41) is 2.67. The summed E-state index contributed by atoms with van der Waals surface area (Å²) in [6.07, 6.45) is 1.88. The Hall–Kier alpha value is -2.45. The first-order valence-electron chi connectivity index (χ1n) is 8.58. The van der Waals surface area contributed by atoms with Gasteiger partial charge in [0.25, 0.3) is 0 Å². The molecule has 0 atom stereocenters. The molecule has 27 heavy (non-hydrogen) atoms. The smallest absolute Gasteiger partial charge is 0.243 e. The maximum absolute atomic E-state index is 13.0. The van der Waals surface area contributed by atoms with E-state index in [1.54, 1.807) is 24.3 Å². The SMILES string of the molecule is CCCCOc1ccccc1NC(=O)CN(C)S(=O)(=O)c1ccc(F)cc1. The number of nitrogens with zero attached hydrogens (tertiary/aromatic N) is 1. The monoisotopic (exact) mass is 394 g/mol. The van der Waals surface area contributed by atoms with Crippen LogP contribution in [0, 0.1) is 5.82 Å². The summed E-state index contributed by atoms with van der Waals surface area (Å²) in [6.45, 7) is 2.19. The van der Waals surface area contributed by atoms with Crippen molar-refractivity contribution in [1.82, 2.24) is 4.31 Å². The lowest BCUT2D eigenvalue weighted by atomic mass is 10.3. The molecular formula is C19H23FN2O4S. The Morgan fingerprint density at radius 2 is 1.81 bits per heavy atom. The van der Waals surface area contributed by atoms with Gasteiger partial charge < -0.3 is 10.1 Å². The van der Waals surface area contributed by atoms with Crippen molar-refractivity contribution in [2.75, 3.05) is 25.5 Å². The third-order valence-corrected chi connectivity index (χ3v) is 5.62. The maximum atomic E-state index is 13.0. The Labute approximate surface area is 159 Å². The Morgan fingerprint density at radius 1 is 1.15 bits per heavy atom. The average molecular weight is 394 g/mol. The van der Waals surface area contributed by atoms with Crippen molar-refractivity contribution in [3.8, 4) is 5.75 Å². The van der Waals surface area contributed by atoms with Crippen LogP contribution < -0.4 is 10.1 Å². The van der Waals surface area contributed by atoms with Crippen molar-refractivity contribution < 1.29 is 22.3 Å². The molecular weight excluding hydrogens is 371 g/mol. The molecule has 0 fully saturated rings. The van der Waals surface area contributed by atoms with Gasteiger partial charge in [-0.25, -0.2) is 12.8 Å². The third kappa shape index (κ3) is 5.77. The van der Waals surface area contributed by atoms with Crippen molar-refractivity contribution in [1.29, 1.82) is 0 Å². The molecule has 0 bridgehead atoms. The van der Waals surface area contributed by atoms with Crippen molar-refractivity contribution >= 4 is 21.6 Å². The number of hydrogen-bond donors (Lipinski definition) is 1. The number of rotatable bonds is 9. The van der Waals surface area contributed by atoms with Crippen LogP contribution in [0.2, 0.25) is 0 Å². The van der Waals surface area contributed by atoms with E-state index in [0.717, 1.165) is 41.4 Å². The molecule has 0 aliphatic carbocycles. The summed E-state index contributed by atoms with van der Waals surface area (Å²) < 4.78 is 44.5. The number of benzene rings is 2. The number of anilines is 1. The van der Waals surface area contributed by atoms with Gasteiger partial charge in [-0.3, -0.25) is 4.79 Å². The first-order chi connectivity index (χ1) is 12.8. The molecule has 146 valence electrons. The van der Waals surface area contributed by atoms with E-state index in [4.69, 9.17) is 4.74 Å². The first-order valence-corrected chi connectivity index (χ1v) is 10.0. The van der Waals surface area contributed by atoms with E-state index in [1.807, 2.05) is 0 Å². The van der Waals surface area contributed by atoms with Gasteiger partial charge in [-0.05, 0) is 42.8 Å². The molecule has 0 saturated carbocycles. The highest BCUT2D eigenvalue weighted by atomic mass is 32.2. The number of carbonyl (C=O) groups is 1. The van der Waals surface area contributed by atoms with E-state index in [-0.39, 0.29) is 11.4 Å². The number of ether oxygens (including phenoxy) is 1. The molecule has 1 amide bonds. The van der Waals surface area contributed by atoms with E-state index in [2.05, 4.69) is 12.2 Å². The summed E-state index contributed by atoms with van der Waals surface area (Å²) in [5.41, 5.74) is 0.478. The molecule has 0 radical (unpaired) electrons. The molecule has 0 aliphatic rings. The Balaban J connectivity index is 2.04. The fourth-order valence-electron chi connectivity index (χ4n) is 2.29. The Morgan fingerprint density at radius 3 is 2.48 bits per heavy atom. The van der Waals surface area contributed by atoms with Crippen LogP contribution in [0.1, 0.15) is 19.8 Å². The lowest BCUT2D eigenvalue weighted by Gasteiger charge is -2.18. The minimum Gasteiger partial charge on any atom is -0.491 e. The van der Waals surface area contributed by atoms with Gasteiger partial charge in [0.2, 0.25) is 15.9 Å². The number of amides is 1. The van der Waals surface area contributed by atoms with Gasteiger partial charge in [-0.2, -0.15) is 4.31 Å². The zero-order chi connectivity index (χ0) is 19.9. The molecule has 2 aromatic carbocycles. The fraction of sp³-hybridized carbons (Fsp3) is 0.316. The van der Waals surface area contributed by atoms with E-state index in [1.165, 1.54) is 7.05 Å². The van der Waals surface area contributed by atoms with Gasteiger partial charge >= 0.3 is 0 Å². The van der Waals surface area contributed by atoms with Gasteiger partial charge in [-0.1, -0.05) is 25.5 Å². The summed E-state index contributed by atoms with van der Waals surface area (Å²) in [7, 11) is -2.60. The molecule has 0 unspecified atom stereocenters. The van der Waals surface area contributed by atoms with Crippen molar-refractivity contribution in [3.05, 3.63) is 54.3 Å². The van der Waals surface area contributed by atoms with Crippen molar-refractivity contribution in [2.24, 2.45) is 0 Å². The fourth-order valence-corrected chi connectivity index (χ4v) is 3.41. The second-order valence-electron chi connectivity index (χ2n) is 5.96. The molecule has 2 aromatic rings. The van der Waals surface area contributed by atoms with Crippen LogP contribution in [0.3, 0.4) is 0 Å². The predicted octanol–water partition coefficient (Wildman–Crippen LogP) is 3.26. The summed E-state index contributed by atoms with van der Waals surface area (Å²) in [4.78, 5) is 12.2. The maximum Gasteiger partial charge on any atom is 0.243 e. The number of nitrogens with one attached hydrogen (secondary N) is 1. The van der Waals surface area contributed by atoms with Crippen LogP contribution >= 0.6 is 0 Å². The van der Waals surface area contributed by atoms with Crippen LogP contribution in [-0.4, -0.2) is 38.8 Å². The van der Waals surface area contributed by atoms with E-state index in [9.17, 15) is 17.6 Å². The van der Waals surface area contributed by atoms with E-state index < -0.39 is 21.7 Å². The summed E-state index contributed by atoms with van der Waals surface area (Å²) in [5.74, 6) is -0.507. The molecule has 0 heterocycles. The first kappa shape index (κ1) is 20.9. The quantitative estimate of drug-likeness (QED) is 0.663. The molecule has 0 saturated heterocycles. The van der Waals surface area contributed by atoms with Crippen LogP contribution in [0.15, 0.2) is 53.4 Å². The van der Waals surface area contributed by atoms with E-state index >= 15 is 0 Å². The number of halogens is 1. The number of hydrogen-bond acceptors (Lipinski definition) is 4. The predicted molar refractivity (Wildman–Crippen MR) is 102 cm³/mol. The molecule has 6 nitrogen and oxygen atoms in total. The molecule has 0 aliphatic heterocycles. The number of likely N-dealkylation sites (N-methyl/N-ethyl adjacent to an activating group) is 1. The molecule has 1 N–H and O–H groups in total. The summed E-state index contributed by atoms with van der Waals surface area (Å²) in [6, 6.07) is 11.4. The van der Waals surface area contributed by atoms with Gasteiger partial charge in [0.05, 0.1) is 23.7 Å². The average Bonchev–Trinajstić information content (AvgIpc) is 2.63. The van der Waals surface area contributed by atoms with E-state index in [0.29, 0.717) is 18.0 Å². The molecule has 8 heteroatoms. The molecule has 0 aromatic heterocycles. The van der Waals surface area contributed by atoms with Crippen LogP contribution in [0.25, 0.3) is 0 Å². The second-order valence-corrected chi connectivity index (χ2v) is 8.01. The standard InChI is InChI=1S/C19H23FN2O4S/c1-3-4-13-26-18-8-6-5-7-17(18)21-19(23)14-22(2)27(24,25)16-11-9-15(20)10-12-16/h5-12H,3-4,13-14H2,1-2H3,(H,21,23). The number of carbonyl (C=O) groups excluding carboxylic acids is 1. The topological polar surface area (TPSA) is 75.7 Å². The number of unbranched alkanes of at least 4 members (excludes halogenated alkanes) is 1. The zero-order valence-corrected chi connectivity index (χ0v) is 16.1. The third-order valence-electron chi connectivity index (χ3n) is 3.80. The normalized spacial score (nSPS) is 11.4. The molecule has 0 spiro atoms. The molecule has 2 rings (SSSR count). The highest BCUT2D eigenvalue weighted by molar-refractivity contribution is 7.89. The summed E-state index contributed by atoms with van der Waals surface area (Å²) >= 11 is 0. The van der Waals surface area contributed by atoms with Gasteiger partial charge in [0, 0.05) is 7.05 Å². The van der Waals surface area contributed by atoms with Crippen LogP contribution in [-0.2, 0) is 14.8 Å². The van der Waals surface area contributed by atoms with Crippen LogP contribution in [0.5, 0.6) is 5.75 Å². The largest absolute Gasteiger partial charge is 0.491 e. The zero-order valence-electron chi connectivity index (χ0n) is 15.3. The highest BCUT2D eigenvalue weighted by Gasteiger charge is 2.23. The number of para-hydroxylation sites is 2. The van der Waals surface area contributed by atoms with Gasteiger partial charge in [-0.15, -0.1) is 0 Å². The van der Waals surface area contributed by atoms with Crippen LogP contribution in [0.4, 0.5) is 10.1 Å². The van der Waals surface area contributed by atoms with Crippen molar-refractivity contribution in [2.45, 2.75) is 24.7 Å². The second kappa shape index (κ2) is 9.48. The number of sulfonamides is 1. The van der Waals surface area contributed by atoms with Gasteiger partial charge in [0.1, 0.15) is 11.6 Å². The van der Waals surface area contributed by atoms with Crippen molar-refractivity contribution in [3.63, 3.8) is 0 Å². The lowest BCUT2D eigenvalue weighted by molar-refractivity contribution is -0.116. The lowest BCUT2D eigenvalue weighted by Crippen LogP contribution is -2.35. The minimum atomic E-state index is -3.90. The van der Waals surface area contributed by atoms with Gasteiger partial charge in [0.15, 0.2) is 0 Å². The Bertz CT molecular complexity index is 870. The Kier molecular flexibility index (Phi) is 7.32. The highest BCUT2D eigenvalue weighted by Crippen LogP contribution is 2.24.